The van der Waals surface area contributed by atoms with Gasteiger partial charge in [0.1, 0.15) is 5.82 Å². The zero-order valence-corrected chi connectivity index (χ0v) is 14.9. The van der Waals surface area contributed by atoms with Crippen LogP contribution in [0.15, 0.2) is 41.3 Å². The number of rotatable bonds is 5. The zero-order chi connectivity index (χ0) is 17.4. The van der Waals surface area contributed by atoms with Crippen LogP contribution < -0.4 is 10.0 Å². The minimum atomic E-state index is -3.67. The maximum atomic E-state index is 12.4. The van der Waals surface area contributed by atoms with E-state index < -0.39 is 10.0 Å². The van der Waals surface area contributed by atoms with Crippen molar-refractivity contribution in [1.29, 1.82) is 0 Å². The van der Waals surface area contributed by atoms with Gasteiger partial charge in [0.15, 0.2) is 5.82 Å². The number of benzene rings is 1. The largest absolute Gasteiger partial charge is 0.366 e. The Balaban J connectivity index is 1.73. The smallest absolute Gasteiger partial charge is 0.263 e. The molecule has 128 valence electrons. The summed E-state index contributed by atoms with van der Waals surface area (Å²) in [4.78, 5) is 0.206. The molecule has 2 N–H and O–H groups in total. The van der Waals surface area contributed by atoms with Gasteiger partial charge in [-0.25, -0.2) is 8.42 Å². The molecule has 0 radical (unpaired) electrons. The Labute approximate surface area is 142 Å². The Bertz CT molecular complexity index is 805. The van der Waals surface area contributed by atoms with Gasteiger partial charge in [0.05, 0.1) is 4.90 Å². The van der Waals surface area contributed by atoms with Crippen molar-refractivity contribution in [3.05, 3.63) is 42.0 Å². The molecule has 7 heteroatoms. The van der Waals surface area contributed by atoms with E-state index in [9.17, 15) is 8.42 Å². The quantitative estimate of drug-likeness (QED) is 0.869. The molecule has 1 fully saturated rings. The topological polar surface area (TPSA) is 84.0 Å². The average Bonchev–Trinajstić information content (AvgIpc) is 3.32. The van der Waals surface area contributed by atoms with Crippen molar-refractivity contribution >= 4 is 21.7 Å². The van der Waals surface area contributed by atoms with Gasteiger partial charge in [-0.2, -0.15) is 0 Å². The van der Waals surface area contributed by atoms with Crippen LogP contribution in [0.5, 0.6) is 0 Å². The van der Waals surface area contributed by atoms with Gasteiger partial charge in [-0.05, 0) is 48.1 Å². The number of hydrogen-bond donors (Lipinski definition) is 2. The molecule has 1 aliphatic rings. The van der Waals surface area contributed by atoms with Crippen LogP contribution >= 0.6 is 0 Å². The van der Waals surface area contributed by atoms with Crippen LogP contribution in [0.25, 0.3) is 0 Å². The van der Waals surface area contributed by atoms with Crippen molar-refractivity contribution in [2.75, 3.05) is 10.0 Å². The molecule has 1 aliphatic carbocycles. The number of sulfonamides is 1. The van der Waals surface area contributed by atoms with Crippen molar-refractivity contribution in [1.82, 2.24) is 10.2 Å². The molecule has 1 aromatic carbocycles. The van der Waals surface area contributed by atoms with Crippen LogP contribution in [0, 0.1) is 0 Å². The highest BCUT2D eigenvalue weighted by molar-refractivity contribution is 7.92. The fourth-order valence-corrected chi connectivity index (χ4v) is 3.23. The molecule has 24 heavy (non-hydrogen) atoms. The first-order chi connectivity index (χ1) is 11.2. The van der Waals surface area contributed by atoms with E-state index in [0.717, 1.165) is 18.4 Å². The fourth-order valence-electron chi connectivity index (χ4n) is 2.23. The molecule has 1 aromatic heterocycles. The van der Waals surface area contributed by atoms with Crippen LogP contribution in [0.2, 0.25) is 0 Å². The summed E-state index contributed by atoms with van der Waals surface area (Å²) in [5.74, 6) is 0.867. The highest BCUT2D eigenvalue weighted by atomic mass is 32.2. The lowest BCUT2D eigenvalue weighted by Gasteiger charge is -2.19. The minimum Gasteiger partial charge on any atom is -0.366 e. The molecule has 0 aliphatic heterocycles. The Kier molecular flexibility index (Phi) is 4.21. The van der Waals surface area contributed by atoms with Gasteiger partial charge in [0.2, 0.25) is 0 Å². The monoisotopic (exact) mass is 346 g/mol. The summed E-state index contributed by atoms with van der Waals surface area (Å²) in [5, 5.41) is 11.1. The molecule has 0 unspecified atom stereocenters. The molecule has 0 saturated heterocycles. The number of nitrogens with zero attached hydrogens (tertiary/aromatic N) is 2. The van der Waals surface area contributed by atoms with E-state index >= 15 is 0 Å². The van der Waals surface area contributed by atoms with Crippen LogP contribution in [0.3, 0.4) is 0 Å². The van der Waals surface area contributed by atoms with E-state index in [2.05, 4.69) is 41.0 Å². The number of anilines is 2. The standard InChI is InChI=1S/C17H22N4O2S/c1-17(2,3)12-4-8-14(9-5-12)24(22,23)21-16-11-10-15(19-20-16)18-13-6-7-13/h4-5,8-11,13H,6-7H2,1-3H3,(H,18,19)(H,20,21). The number of nitrogens with one attached hydrogen (secondary N) is 2. The molecule has 6 nitrogen and oxygen atoms in total. The average molecular weight is 346 g/mol. The lowest BCUT2D eigenvalue weighted by Crippen LogP contribution is -2.16. The molecule has 0 atom stereocenters. The van der Waals surface area contributed by atoms with Crippen molar-refractivity contribution in [3.63, 3.8) is 0 Å². The highest BCUT2D eigenvalue weighted by Gasteiger charge is 2.22. The Morgan fingerprint density at radius 2 is 1.54 bits per heavy atom. The Morgan fingerprint density at radius 3 is 2.04 bits per heavy atom. The number of aromatic nitrogens is 2. The van der Waals surface area contributed by atoms with Gasteiger partial charge in [-0.3, -0.25) is 4.72 Å². The van der Waals surface area contributed by atoms with Crippen molar-refractivity contribution in [3.8, 4) is 0 Å². The molecular weight excluding hydrogens is 324 g/mol. The van der Waals surface area contributed by atoms with E-state index in [0.29, 0.717) is 11.9 Å². The third-order valence-electron chi connectivity index (χ3n) is 3.86. The third-order valence-corrected chi connectivity index (χ3v) is 5.23. The summed E-state index contributed by atoms with van der Waals surface area (Å²) in [5.41, 5.74) is 1.06. The van der Waals surface area contributed by atoms with Crippen molar-refractivity contribution in [2.24, 2.45) is 0 Å². The molecule has 0 amide bonds. The van der Waals surface area contributed by atoms with Crippen LogP contribution in [0.1, 0.15) is 39.2 Å². The first-order valence-corrected chi connectivity index (χ1v) is 9.46. The maximum absolute atomic E-state index is 12.4. The molecule has 1 saturated carbocycles. The molecule has 3 rings (SSSR count). The third kappa shape index (κ3) is 4.03. The van der Waals surface area contributed by atoms with Gasteiger partial charge in [-0.15, -0.1) is 10.2 Å². The van der Waals surface area contributed by atoms with E-state index in [4.69, 9.17) is 0 Å². The highest BCUT2D eigenvalue weighted by Crippen LogP contribution is 2.25. The second-order valence-electron chi connectivity index (χ2n) is 7.10. The van der Waals surface area contributed by atoms with Gasteiger partial charge in [-0.1, -0.05) is 32.9 Å². The maximum Gasteiger partial charge on any atom is 0.263 e. The van der Waals surface area contributed by atoms with Crippen LogP contribution in [-0.2, 0) is 15.4 Å². The first-order valence-electron chi connectivity index (χ1n) is 7.98. The molecule has 0 spiro atoms. The van der Waals surface area contributed by atoms with E-state index in [1.165, 1.54) is 0 Å². The summed E-state index contributed by atoms with van der Waals surface area (Å²) in [6, 6.07) is 10.7. The Hall–Kier alpha value is -2.15. The number of hydrogen-bond acceptors (Lipinski definition) is 5. The van der Waals surface area contributed by atoms with Gasteiger partial charge in [0, 0.05) is 6.04 Å². The SMILES string of the molecule is CC(C)(C)c1ccc(S(=O)(=O)Nc2ccc(NC3CC3)nn2)cc1. The van der Waals surface area contributed by atoms with Gasteiger partial charge < -0.3 is 5.32 Å². The predicted octanol–water partition coefficient (Wildman–Crippen LogP) is 3.15. The summed E-state index contributed by atoms with van der Waals surface area (Å²) < 4.78 is 27.3. The first kappa shape index (κ1) is 16.7. The Morgan fingerprint density at radius 1 is 0.958 bits per heavy atom. The summed E-state index contributed by atoms with van der Waals surface area (Å²) >= 11 is 0. The summed E-state index contributed by atoms with van der Waals surface area (Å²) in [7, 11) is -3.67. The van der Waals surface area contributed by atoms with Crippen LogP contribution in [0.4, 0.5) is 11.6 Å². The second kappa shape index (κ2) is 6.05. The van der Waals surface area contributed by atoms with E-state index in [-0.39, 0.29) is 16.1 Å². The van der Waals surface area contributed by atoms with Crippen LogP contribution in [-0.4, -0.2) is 24.7 Å². The van der Waals surface area contributed by atoms with E-state index in [1.807, 2.05) is 12.1 Å². The summed E-state index contributed by atoms with van der Waals surface area (Å²) in [6.45, 7) is 6.25. The zero-order valence-electron chi connectivity index (χ0n) is 14.1. The summed E-state index contributed by atoms with van der Waals surface area (Å²) in [6.07, 6.45) is 2.28. The second-order valence-corrected chi connectivity index (χ2v) is 8.78. The lowest BCUT2D eigenvalue weighted by molar-refractivity contribution is 0.587. The van der Waals surface area contributed by atoms with Gasteiger partial charge in [0.25, 0.3) is 10.0 Å². The molecule has 1 heterocycles. The van der Waals surface area contributed by atoms with Gasteiger partial charge >= 0.3 is 0 Å². The molecular formula is C17H22N4O2S. The molecule has 0 bridgehead atoms. The predicted molar refractivity (Wildman–Crippen MR) is 94.6 cm³/mol. The molecule has 2 aromatic rings. The fraction of sp³-hybridized carbons (Fsp3) is 0.412. The van der Waals surface area contributed by atoms with E-state index in [1.54, 1.807) is 24.3 Å². The van der Waals surface area contributed by atoms with Crippen molar-refractivity contribution in [2.45, 2.75) is 50.0 Å². The van der Waals surface area contributed by atoms with Crippen molar-refractivity contribution < 1.29 is 8.42 Å². The minimum absolute atomic E-state index is 0.0222. The lowest BCUT2D eigenvalue weighted by atomic mass is 9.87. The normalized spacial score (nSPS) is 15.1.